The molecule has 0 N–H and O–H groups in total. The Balaban J connectivity index is 2.36. The molecule has 1 aromatic carbocycles. The van der Waals surface area contributed by atoms with Crippen LogP contribution in [0.25, 0.3) is 0 Å². The van der Waals surface area contributed by atoms with E-state index in [1.54, 1.807) is 37.1 Å². The number of hydrogen-bond donors (Lipinski definition) is 0. The number of carbonyl (C=O) groups is 1. The maximum Gasteiger partial charge on any atom is 0.156 e. The van der Waals surface area contributed by atoms with Gasteiger partial charge in [-0.3, -0.25) is 4.79 Å². The van der Waals surface area contributed by atoms with Crippen LogP contribution in [-0.2, 0) is 6.54 Å². The summed E-state index contributed by atoms with van der Waals surface area (Å²) in [5.74, 6) is 0.542. The molecule has 6 heteroatoms. The van der Waals surface area contributed by atoms with Crippen molar-refractivity contribution in [2.75, 3.05) is 11.9 Å². The van der Waals surface area contributed by atoms with Crippen molar-refractivity contribution in [3.05, 3.63) is 52.2 Å². The fourth-order valence-electron chi connectivity index (χ4n) is 1.88. The summed E-state index contributed by atoms with van der Waals surface area (Å²) in [6.07, 6.45) is 0.606. The van der Waals surface area contributed by atoms with Gasteiger partial charge in [-0.15, -0.1) is 0 Å². The van der Waals surface area contributed by atoms with Gasteiger partial charge in [0.1, 0.15) is 22.6 Å². The minimum absolute atomic E-state index is 0.0999. The first-order chi connectivity index (χ1) is 9.52. The second kappa shape index (κ2) is 5.96. The van der Waals surface area contributed by atoms with Gasteiger partial charge in [-0.2, -0.15) is 0 Å². The van der Waals surface area contributed by atoms with Crippen LogP contribution in [0.3, 0.4) is 0 Å². The number of rotatable bonds is 4. The Morgan fingerprint density at radius 1 is 1.35 bits per heavy atom. The molecule has 1 aromatic heterocycles. The van der Waals surface area contributed by atoms with E-state index in [-0.39, 0.29) is 23.1 Å². The topological polar surface area (TPSA) is 46.1 Å². The van der Waals surface area contributed by atoms with Gasteiger partial charge in [-0.1, -0.05) is 29.8 Å². The minimum atomic E-state index is -0.302. The molecule has 20 heavy (non-hydrogen) atoms. The zero-order chi connectivity index (χ0) is 14.7. The van der Waals surface area contributed by atoms with E-state index in [0.29, 0.717) is 23.5 Å². The van der Waals surface area contributed by atoms with E-state index in [1.165, 1.54) is 6.07 Å². The molecule has 0 radical (unpaired) electrons. The highest BCUT2D eigenvalue weighted by Crippen LogP contribution is 2.23. The van der Waals surface area contributed by atoms with E-state index < -0.39 is 0 Å². The molecule has 0 aliphatic carbocycles. The molecule has 0 saturated carbocycles. The summed E-state index contributed by atoms with van der Waals surface area (Å²) >= 11 is 5.93. The van der Waals surface area contributed by atoms with Crippen LogP contribution in [0.2, 0.25) is 5.15 Å². The Kier molecular flexibility index (Phi) is 4.29. The standard InChI is InChI=1S/C14H13ClFN3O/c1-9-17-13(15)11(8-20)14(18-9)19(2)7-10-5-3-4-6-12(10)16/h3-6,8H,7H2,1-2H3. The summed E-state index contributed by atoms with van der Waals surface area (Å²) in [4.78, 5) is 20.9. The van der Waals surface area contributed by atoms with Gasteiger partial charge in [0.15, 0.2) is 6.29 Å². The van der Waals surface area contributed by atoms with Crippen LogP contribution in [0, 0.1) is 12.7 Å². The van der Waals surface area contributed by atoms with Crippen molar-refractivity contribution in [2.45, 2.75) is 13.5 Å². The van der Waals surface area contributed by atoms with Gasteiger partial charge in [-0.05, 0) is 13.0 Å². The van der Waals surface area contributed by atoms with Gasteiger partial charge >= 0.3 is 0 Å². The maximum atomic E-state index is 13.7. The number of carbonyl (C=O) groups excluding carboxylic acids is 1. The highest BCUT2D eigenvalue weighted by Gasteiger charge is 2.16. The first kappa shape index (κ1) is 14.4. The molecule has 1 heterocycles. The van der Waals surface area contributed by atoms with Crippen molar-refractivity contribution in [1.29, 1.82) is 0 Å². The van der Waals surface area contributed by atoms with E-state index in [0.717, 1.165) is 0 Å². The Bertz CT molecular complexity index is 648. The molecule has 2 aromatic rings. The van der Waals surface area contributed by atoms with Crippen molar-refractivity contribution in [3.63, 3.8) is 0 Å². The second-order valence-corrected chi connectivity index (χ2v) is 4.72. The van der Waals surface area contributed by atoms with Crippen LogP contribution in [0.5, 0.6) is 0 Å². The van der Waals surface area contributed by atoms with Gasteiger partial charge < -0.3 is 4.90 Å². The summed E-state index contributed by atoms with van der Waals surface area (Å²) in [7, 11) is 1.72. The second-order valence-electron chi connectivity index (χ2n) is 4.36. The Hall–Kier alpha value is -2.01. The maximum absolute atomic E-state index is 13.7. The first-order valence-corrected chi connectivity index (χ1v) is 6.34. The third kappa shape index (κ3) is 2.93. The average molecular weight is 294 g/mol. The fraction of sp³-hybridized carbons (Fsp3) is 0.214. The number of anilines is 1. The molecule has 0 spiro atoms. The molecule has 104 valence electrons. The van der Waals surface area contributed by atoms with E-state index in [4.69, 9.17) is 11.6 Å². The van der Waals surface area contributed by atoms with Crippen LogP contribution in [0.4, 0.5) is 10.2 Å². The van der Waals surface area contributed by atoms with E-state index in [1.807, 2.05) is 0 Å². The predicted octanol–water partition coefficient (Wildman–Crippen LogP) is 3.03. The molecule has 0 fully saturated rings. The van der Waals surface area contributed by atoms with Crippen LogP contribution in [0.1, 0.15) is 21.7 Å². The molecule has 0 aliphatic rings. The van der Waals surface area contributed by atoms with Crippen LogP contribution in [0.15, 0.2) is 24.3 Å². The summed E-state index contributed by atoms with van der Waals surface area (Å²) in [6.45, 7) is 1.96. The highest BCUT2D eigenvalue weighted by atomic mass is 35.5. The minimum Gasteiger partial charge on any atom is -0.354 e. The lowest BCUT2D eigenvalue weighted by Gasteiger charge is -2.20. The molecule has 0 atom stereocenters. The summed E-state index contributed by atoms with van der Waals surface area (Å²) in [5, 5.41) is 0.0999. The fourth-order valence-corrected chi connectivity index (χ4v) is 2.13. The van der Waals surface area contributed by atoms with Crippen molar-refractivity contribution in [2.24, 2.45) is 0 Å². The molecule has 0 bridgehead atoms. The normalized spacial score (nSPS) is 10.4. The third-order valence-electron chi connectivity index (χ3n) is 2.84. The number of aldehydes is 1. The molecule has 4 nitrogen and oxygen atoms in total. The van der Waals surface area contributed by atoms with Gasteiger partial charge in [0, 0.05) is 19.2 Å². The number of hydrogen-bond acceptors (Lipinski definition) is 4. The molecule has 2 rings (SSSR count). The average Bonchev–Trinajstić information content (AvgIpc) is 2.40. The number of aromatic nitrogens is 2. The van der Waals surface area contributed by atoms with E-state index in [9.17, 15) is 9.18 Å². The van der Waals surface area contributed by atoms with Crippen molar-refractivity contribution < 1.29 is 9.18 Å². The van der Waals surface area contributed by atoms with Crippen LogP contribution < -0.4 is 4.90 Å². The lowest BCUT2D eigenvalue weighted by atomic mass is 10.2. The zero-order valence-corrected chi connectivity index (χ0v) is 11.9. The Morgan fingerprint density at radius 2 is 2.05 bits per heavy atom. The van der Waals surface area contributed by atoms with Gasteiger partial charge in [0.05, 0.1) is 5.56 Å². The Labute approximate surface area is 121 Å². The molecule has 0 amide bonds. The predicted molar refractivity (Wildman–Crippen MR) is 75.7 cm³/mol. The monoisotopic (exact) mass is 293 g/mol. The number of aryl methyl sites for hydroxylation is 1. The number of benzene rings is 1. The van der Waals surface area contributed by atoms with Crippen LogP contribution in [-0.4, -0.2) is 23.3 Å². The van der Waals surface area contributed by atoms with Crippen molar-refractivity contribution in [3.8, 4) is 0 Å². The summed E-state index contributed by atoms with van der Waals surface area (Å²) < 4.78 is 13.7. The molecule has 0 aliphatic heterocycles. The molecule has 0 saturated heterocycles. The van der Waals surface area contributed by atoms with E-state index in [2.05, 4.69) is 9.97 Å². The first-order valence-electron chi connectivity index (χ1n) is 5.96. The number of nitrogens with zero attached hydrogens (tertiary/aromatic N) is 3. The Morgan fingerprint density at radius 3 is 2.70 bits per heavy atom. The van der Waals surface area contributed by atoms with Gasteiger partial charge in [0.2, 0.25) is 0 Å². The van der Waals surface area contributed by atoms with Crippen molar-refractivity contribution >= 4 is 23.7 Å². The summed E-state index contributed by atoms with van der Waals surface area (Å²) in [5.41, 5.74) is 0.718. The largest absolute Gasteiger partial charge is 0.354 e. The lowest BCUT2D eigenvalue weighted by molar-refractivity contribution is 0.112. The molecular formula is C14H13ClFN3O. The quantitative estimate of drug-likeness (QED) is 0.642. The SMILES string of the molecule is Cc1nc(Cl)c(C=O)c(N(C)Cc2ccccc2F)n1. The number of halogens is 2. The third-order valence-corrected chi connectivity index (χ3v) is 3.12. The van der Waals surface area contributed by atoms with E-state index >= 15 is 0 Å². The van der Waals surface area contributed by atoms with Crippen molar-refractivity contribution in [1.82, 2.24) is 9.97 Å². The van der Waals surface area contributed by atoms with Gasteiger partial charge in [0.25, 0.3) is 0 Å². The smallest absolute Gasteiger partial charge is 0.156 e. The lowest BCUT2D eigenvalue weighted by Crippen LogP contribution is -2.21. The molecular weight excluding hydrogens is 281 g/mol. The van der Waals surface area contributed by atoms with Crippen LogP contribution >= 0.6 is 11.6 Å². The van der Waals surface area contributed by atoms with Gasteiger partial charge in [-0.25, -0.2) is 14.4 Å². The zero-order valence-electron chi connectivity index (χ0n) is 11.1. The summed E-state index contributed by atoms with van der Waals surface area (Å²) in [6, 6.07) is 6.45. The highest BCUT2D eigenvalue weighted by molar-refractivity contribution is 6.32. The molecule has 0 unspecified atom stereocenters.